The molecule has 1 aromatic carbocycles. The third-order valence-corrected chi connectivity index (χ3v) is 5.33. The molecular weight excluding hydrogens is 345 g/mol. The Labute approximate surface area is 155 Å². The SMILES string of the molecule is Cc1ccc(CN2CCCC(C(=O)N3CCNCC3)C2)cc1Cl.Cl. The highest BCUT2D eigenvalue weighted by atomic mass is 35.5. The molecule has 1 aromatic rings. The molecule has 0 aromatic heterocycles. The number of hydrogen-bond donors (Lipinski definition) is 1. The van der Waals surface area contributed by atoms with Crippen molar-refractivity contribution in [2.24, 2.45) is 5.92 Å². The molecule has 6 heteroatoms. The Morgan fingerprint density at radius 1 is 1.29 bits per heavy atom. The third kappa shape index (κ3) is 4.85. The fourth-order valence-electron chi connectivity index (χ4n) is 3.54. The molecule has 3 rings (SSSR count). The Balaban J connectivity index is 0.00000208. The van der Waals surface area contributed by atoms with Gasteiger partial charge < -0.3 is 10.2 Å². The standard InChI is InChI=1S/C18H26ClN3O.ClH/c1-14-4-5-15(11-17(14)19)12-21-8-2-3-16(13-21)18(23)22-9-6-20-7-10-22;/h4-5,11,16,20H,2-3,6-10,12-13H2,1H3;1H. The smallest absolute Gasteiger partial charge is 0.227 e. The van der Waals surface area contributed by atoms with Crippen molar-refractivity contribution in [2.75, 3.05) is 39.3 Å². The Morgan fingerprint density at radius 2 is 2.04 bits per heavy atom. The summed E-state index contributed by atoms with van der Waals surface area (Å²) in [5, 5.41) is 4.13. The highest BCUT2D eigenvalue weighted by molar-refractivity contribution is 6.31. The van der Waals surface area contributed by atoms with E-state index in [-0.39, 0.29) is 18.3 Å². The molecule has 0 aliphatic carbocycles. The maximum atomic E-state index is 12.7. The number of carbonyl (C=O) groups is 1. The highest BCUT2D eigenvalue weighted by Crippen LogP contribution is 2.23. The fourth-order valence-corrected chi connectivity index (χ4v) is 3.74. The summed E-state index contributed by atoms with van der Waals surface area (Å²) in [5.74, 6) is 0.501. The lowest BCUT2D eigenvalue weighted by molar-refractivity contribution is -0.138. The topological polar surface area (TPSA) is 35.6 Å². The van der Waals surface area contributed by atoms with E-state index in [0.29, 0.717) is 5.91 Å². The molecule has 0 saturated carbocycles. The first-order valence-electron chi connectivity index (χ1n) is 8.60. The summed E-state index contributed by atoms with van der Waals surface area (Å²) in [6, 6.07) is 6.27. The number of hydrogen-bond acceptors (Lipinski definition) is 3. The van der Waals surface area contributed by atoms with Crippen molar-refractivity contribution in [3.63, 3.8) is 0 Å². The summed E-state index contributed by atoms with van der Waals surface area (Å²) in [6.07, 6.45) is 2.12. The number of benzene rings is 1. The molecule has 24 heavy (non-hydrogen) atoms. The maximum Gasteiger partial charge on any atom is 0.227 e. The zero-order valence-electron chi connectivity index (χ0n) is 14.3. The molecule has 2 aliphatic heterocycles. The van der Waals surface area contributed by atoms with E-state index in [1.807, 2.05) is 11.8 Å². The molecule has 2 saturated heterocycles. The minimum atomic E-state index is 0. The third-order valence-electron chi connectivity index (χ3n) is 4.93. The van der Waals surface area contributed by atoms with Crippen LogP contribution in [-0.4, -0.2) is 55.0 Å². The van der Waals surface area contributed by atoms with Crippen LogP contribution in [0.3, 0.4) is 0 Å². The number of rotatable bonds is 3. The monoisotopic (exact) mass is 371 g/mol. The van der Waals surface area contributed by atoms with Gasteiger partial charge in [-0.1, -0.05) is 23.7 Å². The number of piperidine rings is 1. The molecule has 2 heterocycles. The van der Waals surface area contributed by atoms with Crippen molar-refractivity contribution in [3.05, 3.63) is 34.3 Å². The van der Waals surface area contributed by atoms with Crippen molar-refractivity contribution < 1.29 is 4.79 Å². The van der Waals surface area contributed by atoms with Gasteiger partial charge in [0.1, 0.15) is 0 Å². The fraction of sp³-hybridized carbons (Fsp3) is 0.611. The Morgan fingerprint density at radius 3 is 2.75 bits per heavy atom. The van der Waals surface area contributed by atoms with Gasteiger partial charge in [-0.2, -0.15) is 0 Å². The summed E-state index contributed by atoms with van der Waals surface area (Å²) < 4.78 is 0. The molecule has 1 N–H and O–H groups in total. The number of nitrogens with one attached hydrogen (secondary N) is 1. The Bertz CT molecular complexity index is 561. The largest absolute Gasteiger partial charge is 0.340 e. The molecule has 1 unspecified atom stereocenters. The number of piperazine rings is 1. The minimum absolute atomic E-state index is 0. The quantitative estimate of drug-likeness (QED) is 0.886. The van der Waals surface area contributed by atoms with Gasteiger partial charge in [-0.05, 0) is 43.5 Å². The number of halogens is 2. The first kappa shape index (κ1) is 19.5. The van der Waals surface area contributed by atoms with Crippen LogP contribution >= 0.6 is 24.0 Å². The van der Waals surface area contributed by atoms with Crippen LogP contribution in [0, 0.1) is 12.8 Å². The number of aryl methyl sites for hydroxylation is 1. The lowest BCUT2D eigenvalue weighted by Gasteiger charge is -2.36. The minimum Gasteiger partial charge on any atom is -0.340 e. The number of likely N-dealkylation sites (tertiary alicyclic amines) is 1. The Kier molecular flexibility index (Phi) is 7.35. The first-order chi connectivity index (χ1) is 11.1. The van der Waals surface area contributed by atoms with Crippen molar-refractivity contribution in [3.8, 4) is 0 Å². The summed E-state index contributed by atoms with van der Waals surface area (Å²) in [5.41, 5.74) is 2.34. The van der Waals surface area contributed by atoms with Crippen molar-refractivity contribution in [2.45, 2.75) is 26.3 Å². The number of amides is 1. The average molecular weight is 372 g/mol. The molecule has 2 fully saturated rings. The van der Waals surface area contributed by atoms with E-state index in [0.717, 1.165) is 69.2 Å². The van der Waals surface area contributed by atoms with E-state index in [9.17, 15) is 4.79 Å². The van der Waals surface area contributed by atoms with Gasteiger partial charge >= 0.3 is 0 Å². The highest BCUT2D eigenvalue weighted by Gasteiger charge is 2.29. The first-order valence-corrected chi connectivity index (χ1v) is 8.98. The average Bonchev–Trinajstić information content (AvgIpc) is 2.58. The maximum absolute atomic E-state index is 12.7. The van der Waals surface area contributed by atoms with Crippen LogP contribution in [0.25, 0.3) is 0 Å². The van der Waals surface area contributed by atoms with Gasteiger partial charge in [0.15, 0.2) is 0 Å². The van der Waals surface area contributed by atoms with Gasteiger partial charge in [0.2, 0.25) is 5.91 Å². The molecule has 0 radical (unpaired) electrons. The summed E-state index contributed by atoms with van der Waals surface area (Å²) in [4.78, 5) is 17.1. The van der Waals surface area contributed by atoms with Crippen LogP contribution in [0.5, 0.6) is 0 Å². The van der Waals surface area contributed by atoms with E-state index in [1.54, 1.807) is 0 Å². The normalized spacial score (nSPS) is 22.1. The second kappa shape index (κ2) is 9.04. The van der Waals surface area contributed by atoms with Gasteiger partial charge in [0, 0.05) is 44.3 Å². The van der Waals surface area contributed by atoms with Gasteiger partial charge in [-0.25, -0.2) is 0 Å². The molecule has 1 atom stereocenters. The van der Waals surface area contributed by atoms with Crippen LogP contribution in [0.15, 0.2) is 18.2 Å². The molecule has 2 aliphatic rings. The van der Waals surface area contributed by atoms with E-state index in [1.165, 1.54) is 5.56 Å². The molecular formula is C18H27Cl2N3O. The van der Waals surface area contributed by atoms with E-state index < -0.39 is 0 Å². The van der Waals surface area contributed by atoms with Crippen LogP contribution in [0.2, 0.25) is 5.02 Å². The summed E-state index contributed by atoms with van der Waals surface area (Å²) in [7, 11) is 0. The zero-order chi connectivity index (χ0) is 16.2. The van der Waals surface area contributed by atoms with Crippen LogP contribution < -0.4 is 5.32 Å². The number of nitrogens with zero attached hydrogens (tertiary/aromatic N) is 2. The predicted molar refractivity (Wildman–Crippen MR) is 101 cm³/mol. The van der Waals surface area contributed by atoms with E-state index in [2.05, 4.69) is 28.4 Å². The Hall–Kier alpha value is -0.810. The number of carbonyl (C=O) groups excluding carboxylic acids is 1. The van der Waals surface area contributed by atoms with E-state index in [4.69, 9.17) is 11.6 Å². The van der Waals surface area contributed by atoms with Crippen LogP contribution in [0.1, 0.15) is 24.0 Å². The van der Waals surface area contributed by atoms with Gasteiger partial charge in [0.25, 0.3) is 0 Å². The molecule has 134 valence electrons. The second-order valence-corrected chi connectivity index (χ2v) is 7.14. The van der Waals surface area contributed by atoms with Crippen molar-refractivity contribution >= 4 is 29.9 Å². The zero-order valence-corrected chi connectivity index (χ0v) is 15.8. The lowest BCUT2D eigenvalue weighted by atomic mass is 9.95. The van der Waals surface area contributed by atoms with Crippen molar-refractivity contribution in [1.29, 1.82) is 0 Å². The molecule has 0 spiro atoms. The van der Waals surface area contributed by atoms with Crippen molar-refractivity contribution in [1.82, 2.24) is 15.1 Å². The molecule has 1 amide bonds. The van der Waals surface area contributed by atoms with Gasteiger partial charge in [-0.15, -0.1) is 12.4 Å². The lowest BCUT2D eigenvalue weighted by Crippen LogP contribution is -2.51. The molecule has 4 nitrogen and oxygen atoms in total. The van der Waals surface area contributed by atoms with Crippen LogP contribution in [-0.2, 0) is 11.3 Å². The molecule has 0 bridgehead atoms. The van der Waals surface area contributed by atoms with E-state index >= 15 is 0 Å². The predicted octanol–water partition coefficient (Wildman–Crippen LogP) is 2.71. The second-order valence-electron chi connectivity index (χ2n) is 6.73. The van der Waals surface area contributed by atoms with Gasteiger partial charge in [-0.3, -0.25) is 9.69 Å². The van der Waals surface area contributed by atoms with Gasteiger partial charge in [0.05, 0.1) is 5.92 Å². The summed E-state index contributed by atoms with van der Waals surface area (Å²) in [6.45, 7) is 8.38. The summed E-state index contributed by atoms with van der Waals surface area (Å²) >= 11 is 6.23. The van der Waals surface area contributed by atoms with Crippen LogP contribution in [0.4, 0.5) is 0 Å².